The first-order valence-electron chi connectivity index (χ1n) is 11.1. The van der Waals surface area contributed by atoms with Crippen LogP contribution in [0.1, 0.15) is 50.4 Å². The van der Waals surface area contributed by atoms with Crippen LogP contribution in [0.4, 0.5) is 19.0 Å². The van der Waals surface area contributed by atoms with Crippen LogP contribution in [0.2, 0.25) is 0 Å². The van der Waals surface area contributed by atoms with Crippen molar-refractivity contribution >= 4 is 23.6 Å². The molecular formula is C23H22F3N5O4. The van der Waals surface area contributed by atoms with Crippen LogP contribution in [-0.2, 0) is 22.1 Å². The van der Waals surface area contributed by atoms with E-state index in [0.717, 1.165) is 11.6 Å². The van der Waals surface area contributed by atoms with Gasteiger partial charge < -0.3 is 20.3 Å². The number of hydrogen-bond acceptors (Lipinski definition) is 7. The number of hydrogen-bond donors (Lipinski definition) is 1. The quantitative estimate of drug-likeness (QED) is 0.652. The Morgan fingerprint density at radius 1 is 1.14 bits per heavy atom. The van der Waals surface area contributed by atoms with E-state index in [9.17, 15) is 27.6 Å². The van der Waals surface area contributed by atoms with Crippen molar-refractivity contribution in [3.63, 3.8) is 0 Å². The van der Waals surface area contributed by atoms with Crippen molar-refractivity contribution in [2.24, 2.45) is 5.73 Å². The summed E-state index contributed by atoms with van der Waals surface area (Å²) in [7, 11) is 0. The van der Waals surface area contributed by atoms with Crippen molar-refractivity contribution in [2.45, 2.75) is 44.0 Å². The molecule has 3 aliphatic rings. The molecule has 1 aromatic carbocycles. The summed E-state index contributed by atoms with van der Waals surface area (Å²) in [5, 5.41) is 8.23. The van der Waals surface area contributed by atoms with Crippen LogP contribution in [0.25, 0.3) is 0 Å². The normalized spacial score (nSPS) is 20.2. The number of piperazine rings is 1. The van der Waals surface area contributed by atoms with Gasteiger partial charge in [-0.15, -0.1) is 10.2 Å². The largest absolute Gasteiger partial charge is 0.444 e. The van der Waals surface area contributed by atoms with E-state index < -0.39 is 35.1 Å². The number of carbonyl (C=O) groups is 3. The lowest BCUT2D eigenvalue weighted by Crippen LogP contribution is -2.54. The summed E-state index contributed by atoms with van der Waals surface area (Å²) in [6.07, 6.45) is -3.48. The Labute approximate surface area is 198 Å². The zero-order valence-electron chi connectivity index (χ0n) is 18.8. The van der Waals surface area contributed by atoms with Crippen LogP contribution >= 0.6 is 0 Å². The van der Waals surface area contributed by atoms with Gasteiger partial charge >= 0.3 is 12.1 Å². The zero-order valence-corrected chi connectivity index (χ0v) is 18.8. The highest BCUT2D eigenvalue weighted by atomic mass is 19.4. The molecule has 2 amide bonds. The van der Waals surface area contributed by atoms with E-state index in [1.807, 2.05) is 4.90 Å². The number of benzene rings is 1. The molecule has 1 unspecified atom stereocenters. The number of halogens is 3. The minimum absolute atomic E-state index is 0.0110. The van der Waals surface area contributed by atoms with E-state index in [1.54, 1.807) is 6.92 Å². The van der Waals surface area contributed by atoms with Gasteiger partial charge in [0.15, 0.2) is 17.1 Å². The third kappa shape index (κ3) is 3.86. The van der Waals surface area contributed by atoms with E-state index in [2.05, 4.69) is 10.2 Å². The van der Waals surface area contributed by atoms with Gasteiger partial charge in [0.25, 0.3) is 11.8 Å². The Morgan fingerprint density at radius 3 is 2.51 bits per heavy atom. The number of rotatable bonds is 4. The van der Waals surface area contributed by atoms with Gasteiger partial charge in [-0.3, -0.25) is 9.59 Å². The highest BCUT2D eigenvalue weighted by Crippen LogP contribution is 2.41. The van der Waals surface area contributed by atoms with E-state index >= 15 is 0 Å². The van der Waals surface area contributed by atoms with Crippen LogP contribution in [-0.4, -0.2) is 64.2 Å². The van der Waals surface area contributed by atoms with E-state index in [0.29, 0.717) is 37.2 Å². The summed E-state index contributed by atoms with van der Waals surface area (Å²) in [6, 6.07) is 4.53. The summed E-state index contributed by atoms with van der Waals surface area (Å²) in [5.74, 6) is -1.59. The monoisotopic (exact) mass is 489 g/mol. The number of esters is 1. The lowest BCUT2D eigenvalue weighted by Gasteiger charge is -2.38. The van der Waals surface area contributed by atoms with Crippen LogP contribution in [0.5, 0.6) is 0 Å². The van der Waals surface area contributed by atoms with Crippen molar-refractivity contribution in [1.29, 1.82) is 0 Å². The molecule has 1 aliphatic carbocycles. The van der Waals surface area contributed by atoms with Crippen LogP contribution < -0.4 is 10.6 Å². The van der Waals surface area contributed by atoms with Crippen LogP contribution in [0.15, 0.2) is 24.3 Å². The molecule has 1 saturated heterocycles. The van der Waals surface area contributed by atoms with Gasteiger partial charge in [0.2, 0.25) is 0 Å². The van der Waals surface area contributed by atoms with Crippen molar-refractivity contribution in [2.75, 3.05) is 24.5 Å². The summed E-state index contributed by atoms with van der Waals surface area (Å²) in [5.41, 5.74) is 4.00. The first-order valence-corrected chi connectivity index (χ1v) is 11.1. The van der Waals surface area contributed by atoms with Crippen molar-refractivity contribution in [1.82, 2.24) is 15.1 Å². The fourth-order valence-corrected chi connectivity index (χ4v) is 4.77. The molecular weight excluding hydrogens is 467 g/mol. The maximum Gasteiger partial charge on any atom is 0.417 e. The highest BCUT2D eigenvalue weighted by Gasteiger charge is 2.53. The molecule has 1 aromatic heterocycles. The number of ether oxygens (including phenoxy) is 1. The number of anilines is 1. The van der Waals surface area contributed by atoms with Gasteiger partial charge in [0.05, 0.1) is 17.2 Å². The molecule has 1 atom stereocenters. The highest BCUT2D eigenvalue weighted by molar-refractivity contribution is 5.96. The van der Waals surface area contributed by atoms with Gasteiger partial charge in [0, 0.05) is 38.0 Å². The predicted molar refractivity (Wildman–Crippen MR) is 116 cm³/mol. The molecule has 1 saturated carbocycles. The number of primary amides is 1. The molecule has 184 valence electrons. The summed E-state index contributed by atoms with van der Waals surface area (Å²) >= 11 is 0. The average Bonchev–Trinajstić information content (AvgIpc) is 3.50. The SMILES string of the molecule is Cc1c(C(=O)OC2(C(N)=O)CC2)nnc2c1CC1CN(C(=O)c3ccccc3C(F)(F)F)CCN21. The lowest BCUT2D eigenvalue weighted by atomic mass is 10.0. The lowest BCUT2D eigenvalue weighted by molar-refractivity contribution is -0.138. The molecule has 35 heavy (non-hydrogen) atoms. The van der Waals surface area contributed by atoms with E-state index in [-0.39, 0.29) is 30.4 Å². The van der Waals surface area contributed by atoms with Crippen LogP contribution in [0, 0.1) is 6.92 Å². The second-order valence-electron chi connectivity index (χ2n) is 9.07. The molecule has 2 fully saturated rings. The molecule has 3 heterocycles. The van der Waals surface area contributed by atoms with Gasteiger partial charge in [-0.2, -0.15) is 13.2 Å². The summed E-state index contributed by atoms with van der Waals surface area (Å²) < 4.78 is 45.6. The number of nitrogens with zero attached hydrogens (tertiary/aromatic N) is 4. The Kier molecular flexibility index (Phi) is 5.22. The maximum atomic E-state index is 13.4. The number of fused-ring (bicyclic) bond motifs is 3. The molecule has 2 aromatic rings. The predicted octanol–water partition coefficient (Wildman–Crippen LogP) is 1.87. The van der Waals surface area contributed by atoms with Gasteiger partial charge in [-0.05, 0) is 31.0 Å². The van der Waals surface area contributed by atoms with E-state index in [4.69, 9.17) is 10.5 Å². The Balaban J connectivity index is 1.35. The molecule has 0 radical (unpaired) electrons. The topological polar surface area (TPSA) is 119 Å². The second kappa shape index (κ2) is 7.92. The molecule has 12 heteroatoms. The van der Waals surface area contributed by atoms with Crippen molar-refractivity contribution in [3.8, 4) is 0 Å². The molecule has 9 nitrogen and oxygen atoms in total. The minimum atomic E-state index is -4.64. The fourth-order valence-electron chi connectivity index (χ4n) is 4.77. The standard InChI is InChI=1S/C23H22F3N5O4/c1-12-15-10-13-11-30(19(32)14-4-2-3-5-16(14)23(24,25)26)8-9-31(13)18(15)29-28-17(12)20(33)35-22(6-7-22)21(27)34/h2-5,13H,6-11H2,1H3,(H2,27,34). The molecule has 0 bridgehead atoms. The summed E-state index contributed by atoms with van der Waals surface area (Å²) in [4.78, 5) is 40.6. The zero-order chi connectivity index (χ0) is 25.1. The average molecular weight is 489 g/mol. The number of nitrogens with two attached hydrogens (primary N) is 1. The summed E-state index contributed by atoms with van der Waals surface area (Å²) in [6.45, 7) is 2.48. The third-order valence-electron chi connectivity index (χ3n) is 6.90. The Morgan fingerprint density at radius 2 is 1.86 bits per heavy atom. The maximum absolute atomic E-state index is 13.4. The molecule has 5 rings (SSSR count). The van der Waals surface area contributed by atoms with Gasteiger partial charge in [0.1, 0.15) is 0 Å². The van der Waals surface area contributed by atoms with Crippen molar-refractivity contribution < 1.29 is 32.3 Å². The van der Waals surface area contributed by atoms with Gasteiger partial charge in [-0.25, -0.2) is 4.79 Å². The minimum Gasteiger partial charge on any atom is -0.444 e. The molecule has 2 aliphatic heterocycles. The van der Waals surface area contributed by atoms with Crippen molar-refractivity contribution in [3.05, 3.63) is 52.2 Å². The van der Waals surface area contributed by atoms with Crippen LogP contribution in [0.3, 0.4) is 0 Å². The number of aromatic nitrogens is 2. The fraction of sp³-hybridized carbons (Fsp3) is 0.435. The van der Waals surface area contributed by atoms with Gasteiger partial charge in [-0.1, -0.05) is 12.1 Å². The number of amides is 2. The second-order valence-corrected chi connectivity index (χ2v) is 9.07. The Hall–Kier alpha value is -3.70. The number of carbonyl (C=O) groups excluding carboxylic acids is 3. The first kappa shape index (κ1) is 23.1. The number of alkyl halides is 3. The van der Waals surface area contributed by atoms with E-state index in [1.165, 1.54) is 23.1 Å². The Bertz CT molecular complexity index is 1240. The first-order chi connectivity index (χ1) is 16.5. The molecule has 2 N–H and O–H groups in total. The smallest absolute Gasteiger partial charge is 0.417 e. The third-order valence-corrected chi connectivity index (χ3v) is 6.90. The molecule has 0 spiro atoms.